The maximum atomic E-state index is 6.28. The average molecular weight is 282 g/mol. The minimum Gasteiger partial charge on any atom is -0.356 e. The van der Waals surface area contributed by atoms with Gasteiger partial charge in [-0.15, -0.1) is 0 Å². The molecule has 0 N–H and O–H groups in total. The molecule has 0 amide bonds. The predicted octanol–water partition coefficient (Wildman–Crippen LogP) is 4.04. The topological polar surface area (TPSA) is 29.0 Å². The van der Waals surface area contributed by atoms with Crippen LogP contribution in [0.15, 0.2) is 0 Å². The highest BCUT2D eigenvalue weighted by atomic mass is 35.5. The van der Waals surface area contributed by atoms with Crippen molar-refractivity contribution in [2.45, 2.75) is 47.0 Å². The number of nitrogens with zero attached hydrogens (tertiary/aromatic N) is 3. The lowest BCUT2D eigenvalue weighted by atomic mass is 9.92. The predicted molar refractivity (Wildman–Crippen MR) is 81.0 cm³/mol. The molecule has 1 aliphatic heterocycles. The smallest absolute Gasteiger partial charge is 0.137 e. The molecule has 0 spiro atoms. The van der Waals surface area contributed by atoms with Crippen LogP contribution in [0.4, 0.5) is 5.82 Å². The third kappa shape index (κ3) is 3.19. The fourth-order valence-electron chi connectivity index (χ4n) is 2.90. The molecular formula is C15H24ClN3. The van der Waals surface area contributed by atoms with Gasteiger partial charge in [0.05, 0.1) is 0 Å². The monoisotopic (exact) mass is 281 g/mol. The van der Waals surface area contributed by atoms with E-state index in [2.05, 4.69) is 37.6 Å². The Hall–Kier alpha value is -0.830. The fraction of sp³-hybridized carbons (Fsp3) is 0.733. The summed E-state index contributed by atoms with van der Waals surface area (Å²) in [5, 5.41) is 0.597. The second kappa shape index (κ2) is 5.66. The molecule has 3 nitrogen and oxygen atoms in total. The lowest BCUT2D eigenvalue weighted by Gasteiger charge is -2.36. The summed E-state index contributed by atoms with van der Waals surface area (Å²) in [6.45, 7) is 13.0. The zero-order valence-corrected chi connectivity index (χ0v) is 13.3. The Morgan fingerprint density at radius 3 is 2.26 bits per heavy atom. The summed E-state index contributed by atoms with van der Waals surface area (Å²) in [5.41, 5.74) is 1.01. The van der Waals surface area contributed by atoms with Crippen molar-refractivity contribution in [3.8, 4) is 0 Å². The zero-order valence-electron chi connectivity index (χ0n) is 12.6. The SMILES string of the molecule is Cc1c(Cl)nc(C(C)C)nc1N1CC(C)CC(C)C1. The molecule has 1 saturated heterocycles. The van der Waals surface area contributed by atoms with E-state index >= 15 is 0 Å². The summed E-state index contributed by atoms with van der Waals surface area (Å²) in [4.78, 5) is 11.5. The maximum Gasteiger partial charge on any atom is 0.137 e. The molecule has 4 heteroatoms. The quantitative estimate of drug-likeness (QED) is 0.766. The Kier molecular flexibility index (Phi) is 4.34. The Balaban J connectivity index is 2.37. The summed E-state index contributed by atoms with van der Waals surface area (Å²) >= 11 is 6.28. The van der Waals surface area contributed by atoms with E-state index in [0.29, 0.717) is 22.9 Å². The molecule has 2 unspecified atom stereocenters. The first-order valence-corrected chi connectivity index (χ1v) is 7.55. The van der Waals surface area contributed by atoms with Gasteiger partial charge in [-0.3, -0.25) is 0 Å². The van der Waals surface area contributed by atoms with Crippen LogP contribution in [0, 0.1) is 18.8 Å². The molecule has 0 aliphatic carbocycles. The summed E-state index contributed by atoms with van der Waals surface area (Å²) in [5.74, 6) is 3.59. The van der Waals surface area contributed by atoms with E-state index in [1.54, 1.807) is 0 Å². The van der Waals surface area contributed by atoms with E-state index in [-0.39, 0.29) is 0 Å². The first-order chi connectivity index (χ1) is 8.88. The van der Waals surface area contributed by atoms with Crippen LogP contribution in [0.1, 0.15) is 51.4 Å². The number of hydrogen-bond acceptors (Lipinski definition) is 3. The lowest BCUT2D eigenvalue weighted by molar-refractivity contribution is 0.354. The van der Waals surface area contributed by atoms with Crippen LogP contribution < -0.4 is 4.90 Å². The van der Waals surface area contributed by atoms with Crippen LogP contribution in [0.2, 0.25) is 5.15 Å². The second-order valence-corrected chi connectivity index (χ2v) is 6.68. The Bertz CT molecular complexity index is 449. The van der Waals surface area contributed by atoms with E-state index in [0.717, 1.165) is 30.3 Å². The van der Waals surface area contributed by atoms with Gasteiger partial charge in [-0.1, -0.05) is 39.3 Å². The number of hydrogen-bond donors (Lipinski definition) is 0. The molecule has 19 heavy (non-hydrogen) atoms. The van der Waals surface area contributed by atoms with Crippen molar-refractivity contribution in [3.05, 3.63) is 16.5 Å². The second-order valence-electron chi connectivity index (χ2n) is 6.33. The molecule has 0 aromatic carbocycles. The molecule has 1 aromatic heterocycles. The summed E-state index contributed by atoms with van der Waals surface area (Å²) in [7, 11) is 0. The number of piperidine rings is 1. The van der Waals surface area contributed by atoms with E-state index in [4.69, 9.17) is 16.6 Å². The highest BCUT2D eigenvalue weighted by molar-refractivity contribution is 6.30. The van der Waals surface area contributed by atoms with Crippen molar-refractivity contribution in [2.24, 2.45) is 11.8 Å². The lowest BCUT2D eigenvalue weighted by Crippen LogP contribution is -2.39. The van der Waals surface area contributed by atoms with Gasteiger partial charge < -0.3 is 4.90 Å². The molecule has 106 valence electrons. The van der Waals surface area contributed by atoms with Gasteiger partial charge in [0.25, 0.3) is 0 Å². The van der Waals surface area contributed by atoms with Crippen LogP contribution >= 0.6 is 11.6 Å². The first kappa shape index (κ1) is 14.6. The largest absolute Gasteiger partial charge is 0.356 e. The minimum absolute atomic E-state index is 0.302. The molecule has 0 radical (unpaired) electrons. The van der Waals surface area contributed by atoms with Gasteiger partial charge >= 0.3 is 0 Å². The Labute approximate surface area is 121 Å². The van der Waals surface area contributed by atoms with Gasteiger partial charge in [0.15, 0.2) is 0 Å². The van der Waals surface area contributed by atoms with Crippen LogP contribution in [-0.2, 0) is 0 Å². The van der Waals surface area contributed by atoms with Gasteiger partial charge in [0, 0.05) is 24.6 Å². The van der Waals surface area contributed by atoms with Crippen molar-refractivity contribution in [2.75, 3.05) is 18.0 Å². The van der Waals surface area contributed by atoms with Crippen LogP contribution in [0.25, 0.3) is 0 Å². The first-order valence-electron chi connectivity index (χ1n) is 7.17. The molecule has 1 aromatic rings. The van der Waals surface area contributed by atoms with Crippen molar-refractivity contribution in [3.63, 3.8) is 0 Å². The van der Waals surface area contributed by atoms with E-state index in [9.17, 15) is 0 Å². The average Bonchev–Trinajstić information content (AvgIpc) is 2.30. The summed E-state index contributed by atoms with van der Waals surface area (Å²) < 4.78 is 0. The summed E-state index contributed by atoms with van der Waals surface area (Å²) in [6.07, 6.45) is 1.30. The highest BCUT2D eigenvalue weighted by Gasteiger charge is 2.25. The molecule has 0 bridgehead atoms. The van der Waals surface area contributed by atoms with Gasteiger partial charge in [-0.05, 0) is 25.2 Å². The molecule has 2 heterocycles. The van der Waals surface area contributed by atoms with Crippen molar-refractivity contribution >= 4 is 17.4 Å². The number of anilines is 1. The third-order valence-corrected chi connectivity index (χ3v) is 4.13. The molecular weight excluding hydrogens is 258 g/mol. The van der Waals surface area contributed by atoms with E-state index in [1.807, 2.05) is 6.92 Å². The minimum atomic E-state index is 0.302. The number of halogens is 1. The molecule has 2 atom stereocenters. The van der Waals surface area contributed by atoms with Gasteiger partial charge in [0.1, 0.15) is 16.8 Å². The normalized spacial score (nSPS) is 24.1. The Morgan fingerprint density at radius 2 is 1.74 bits per heavy atom. The summed E-state index contributed by atoms with van der Waals surface area (Å²) in [6, 6.07) is 0. The third-order valence-electron chi connectivity index (χ3n) is 3.76. The molecule has 2 rings (SSSR count). The molecule has 1 aliphatic rings. The van der Waals surface area contributed by atoms with Crippen molar-refractivity contribution in [1.82, 2.24) is 9.97 Å². The van der Waals surface area contributed by atoms with Crippen LogP contribution in [-0.4, -0.2) is 23.1 Å². The molecule has 1 fully saturated rings. The van der Waals surface area contributed by atoms with E-state index < -0.39 is 0 Å². The van der Waals surface area contributed by atoms with Crippen molar-refractivity contribution in [1.29, 1.82) is 0 Å². The van der Waals surface area contributed by atoms with Crippen molar-refractivity contribution < 1.29 is 0 Å². The van der Waals surface area contributed by atoms with Crippen LogP contribution in [0.3, 0.4) is 0 Å². The van der Waals surface area contributed by atoms with E-state index in [1.165, 1.54) is 6.42 Å². The van der Waals surface area contributed by atoms with Crippen LogP contribution in [0.5, 0.6) is 0 Å². The highest BCUT2D eigenvalue weighted by Crippen LogP contribution is 2.30. The zero-order chi connectivity index (χ0) is 14.2. The maximum absolute atomic E-state index is 6.28. The van der Waals surface area contributed by atoms with Gasteiger partial charge in [0.2, 0.25) is 0 Å². The van der Waals surface area contributed by atoms with Gasteiger partial charge in [-0.25, -0.2) is 9.97 Å². The number of rotatable bonds is 2. The Morgan fingerprint density at radius 1 is 1.16 bits per heavy atom. The van der Waals surface area contributed by atoms with Gasteiger partial charge in [-0.2, -0.15) is 0 Å². The standard InChI is InChI=1S/C15H24ClN3/c1-9(2)14-17-13(16)12(5)15(18-14)19-7-10(3)6-11(4)8-19/h9-11H,6-8H2,1-5H3. The number of aromatic nitrogens is 2. The fourth-order valence-corrected chi connectivity index (χ4v) is 3.07. The molecule has 0 saturated carbocycles.